The molecule has 0 saturated heterocycles. The Labute approximate surface area is 64.5 Å². The number of hydrogen-bond donors (Lipinski definition) is 0. The maximum atomic E-state index is 2.43. The van der Waals surface area contributed by atoms with E-state index in [1.54, 1.807) is 5.57 Å². The lowest BCUT2D eigenvalue weighted by molar-refractivity contribution is 0.771. The molecular weight excluding hydrogens is 211 g/mol. The minimum absolute atomic E-state index is 1.31. The molecule has 0 spiro atoms. The lowest BCUT2D eigenvalue weighted by Gasteiger charge is -2.12. The van der Waals surface area contributed by atoms with Crippen molar-refractivity contribution in [2.24, 2.45) is 0 Å². The minimum Gasteiger partial charge on any atom is -0.0864 e. The third-order valence-corrected chi connectivity index (χ3v) is 2.29. The molecule has 46 valence electrons. The summed E-state index contributed by atoms with van der Waals surface area (Å²) in [6.07, 6.45) is 7.84. The first-order valence-electron chi connectivity index (χ1n) is 3.17. The summed E-state index contributed by atoms with van der Waals surface area (Å²) in [6, 6.07) is 0. The Morgan fingerprint density at radius 1 is 1.62 bits per heavy atom. The number of halogens is 1. The maximum absolute atomic E-state index is 2.43. The lowest BCUT2D eigenvalue weighted by atomic mass is 9.95. The fraction of sp³-hybridized carbons (Fsp3) is 0.714. The lowest BCUT2D eigenvalue weighted by Crippen LogP contribution is -1.93. The highest BCUT2D eigenvalue weighted by Gasteiger charge is 2.02. The van der Waals surface area contributed by atoms with E-state index < -0.39 is 0 Å². The van der Waals surface area contributed by atoms with Crippen LogP contribution in [-0.2, 0) is 0 Å². The summed E-state index contributed by atoms with van der Waals surface area (Å²) in [5.41, 5.74) is 1.70. The molecule has 1 heteroatoms. The van der Waals surface area contributed by atoms with Gasteiger partial charge in [0.25, 0.3) is 0 Å². The van der Waals surface area contributed by atoms with E-state index in [0.29, 0.717) is 0 Å². The summed E-state index contributed by atoms with van der Waals surface area (Å²) in [6.45, 7) is 0. The zero-order valence-corrected chi connectivity index (χ0v) is 7.15. The van der Waals surface area contributed by atoms with Gasteiger partial charge in [-0.05, 0) is 30.1 Å². The molecule has 0 bridgehead atoms. The van der Waals surface area contributed by atoms with Crippen molar-refractivity contribution >= 4 is 22.6 Å². The molecule has 0 saturated carbocycles. The Morgan fingerprint density at radius 2 is 2.38 bits per heavy atom. The molecule has 0 radical (unpaired) electrons. The molecule has 0 aliphatic heterocycles. The molecule has 1 rings (SSSR count). The average Bonchev–Trinajstić information content (AvgIpc) is 1.63. The summed E-state index contributed by atoms with van der Waals surface area (Å²) in [5, 5.41) is 0. The predicted octanol–water partition coefficient (Wildman–Crippen LogP) is 2.92. The van der Waals surface area contributed by atoms with Crippen LogP contribution in [0.15, 0.2) is 11.6 Å². The smallest absolute Gasteiger partial charge is 0.000168 e. The van der Waals surface area contributed by atoms with Crippen LogP contribution >= 0.6 is 22.6 Å². The Morgan fingerprint density at radius 3 is 2.75 bits per heavy atom. The molecule has 1 aliphatic rings. The van der Waals surface area contributed by atoms with Crippen LogP contribution in [0.3, 0.4) is 0 Å². The zero-order valence-electron chi connectivity index (χ0n) is 4.99. The standard InChI is InChI=1S/C7H11I/c8-6-2-5-7-3-1-4-7/h3H,1-2,4-6H2. The summed E-state index contributed by atoms with van der Waals surface area (Å²) < 4.78 is 1.31. The van der Waals surface area contributed by atoms with E-state index in [1.165, 1.54) is 30.1 Å². The summed E-state index contributed by atoms with van der Waals surface area (Å²) in [4.78, 5) is 0. The van der Waals surface area contributed by atoms with Gasteiger partial charge in [-0.2, -0.15) is 0 Å². The van der Waals surface area contributed by atoms with Gasteiger partial charge in [0.1, 0.15) is 0 Å². The van der Waals surface area contributed by atoms with E-state index in [-0.39, 0.29) is 0 Å². The first-order valence-corrected chi connectivity index (χ1v) is 4.70. The average molecular weight is 222 g/mol. The highest BCUT2D eigenvalue weighted by atomic mass is 127. The van der Waals surface area contributed by atoms with Gasteiger partial charge < -0.3 is 0 Å². The van der Waals surface area contributed by atoms with Crippen LogP contribution in [0.2, 0.25) is 0 Å². The molecule has 0 aromatic carbocycles. The van der Waals surface area contributed by atoms with Crippen molar-refractivity contribution in [3.05, 3.63) is 11.6 Å². The third-order valence-electron chi connectivity index (χ3n) is 1.53. The van der Waals surface area contributed by atoms with Crippen molar-refractivity contribution < 1.29 is 0 Å². The van der Waals surface area contributed by atoms with E-state index in [2.05, 4.69) is 28.7 Å². The molecule has 0 nitrogen and oxygen atoms in total. The van der Waals surface area contributed by atoms with Crippen LogP contribution in [0.4, 0.5) is 0 Å². The topological polar surface area (TPSA) is 0 Å². The molecule has 0 atom stereocenters. The van der Waals surface area contributed by atoms with Crippen molar-refractivity contribution in [2.75, 3.05) is 4.43 Å². The van der Waals surface area contributed by atoms with Crippen LogP contribution in [0, 0.1) is 0 Å². The first-order chi connectivity index (χ1) is 3.93. The molecule has 0 heterocycles. The van der Waals surface area contributed by atoms with Gasteiger partial charge in [0.15, 0.2) is 0 Å². The fourth-order valence-electron chi connectivity index (χ4n) is 0.869. The van der Waals surface area contributed by atoms with Crippen molar-refractivity contribution in [3.63, 3.8) is 0 Å². The number of allylic oxidation sites excluding steroid dienone is 2. The normalized spacial score (nSPS) is 17.4. The Hall–Kier alpha value is 0.470. The highest BCUT2D eigenvalue weighted by molar-refractivity contribution is 14.1. The van der Waals surface area contributed by atoms with E-state index in [1.807, 2.05) is 0 Å². The molecular formula is C7H11I. The largest absolute Gasteiger partial charge is 0.0864 e. The second kappa shape index (κ2) is 3.49. The van der Waals surface area contributed by atoms with Gasteiger partial charge in [-0.3, -0.25) is 0 Å². The number of rotatable bonds is 3. The van der Waals surface area contributed by atoms with Gasteiger partial charge in [0, 0.05) is 0 Å². The third kappa shape index (κ3) is 1.77. The van der Waals surface area contributed by atoms with Gasteiger partial charge in [0.2, 0.25) is 0 Å². The van der Waals surface area contributed by atoms with Crippen molar-refractivity contribution in [1.29, 1.82) is 0 Å². The van der Waals surface area contributed by atoms with E-state index >= 15 is 0 Å². The van der Waals surface area contributed by atoms with Crippen LogP contribution in [0.5, 0.6) is 0 Å². The molecule has 0 aromatic heterocycles. The molecule has 1 aliphatic carbocycles. The zero-order chi connectivity index (χ0) is 5.82. The van der Waals surface area contributed by atoms with Crippen LogP contribution in [0.25, 0.3) is 0 Å². The van der Waals surface area contributed by atoms with Crippen LogP contribution < -0.4 is 0 Å². The predicted molar refractivity (Wildman–Crippen MR) is 45.4 cm³/mol. The molecule has 0 unspecified atom stereocenters. The number of hydrogen-bond acceptors (Lipinski definition) is 0. The SMILES string of the molecule is ICCCC1=CCC1. The first kappa shape index (κ1) is 6.59. The Bertz CT molecular complexity index is 94.6. The van der Waals surface area contributed by atoms with Gasteiger partial charge >= 0.3 is 0 Å². The monoisotopic (exact) mass is 222 g/mol. The van der Waals surface area contributed by atoms with Gasteiger partial charge in [-0.15, -0.1) is 0 Å². The molecule has 8 heavy (non-hydrogen) atoms. The van der Waals surface area contributed by atoms with Crippen molar-refractivity contribution in [1.82, 2.24) is 0 Å². The summed E-state index contributed by atoms with van der Waals surface area (Å²) in [7, 11) is 0. The van der Waals surface area contributed by atoms with E-state index in [0.717, 1.165) is 0 Å². The second-order valence-electron chi connectivity index (χ2n) is 2.19. The number of alkyl halides is 1. The molecule has 0 aromatic rings. The molecule has 0 N–H and O–H groups in total. The fourth-order valence-corrected chi connectivity index (χ4v) is 1.25. The second-order valence-corrected chi connectivity index (χ2v) is 3.27. The molecule has 0 fully saturated rings. The van der Waals surface area contributed by atoms with Crippen LogP contribution in [-0.4, -0.2) is 4.43 Å². The Balaban J connectivity index is 2.02. The maximum Gasteiger partial charge on any atom is -0.000168 e. The summed E-state index contributed by atoms with van der Waals surface area (Å²) in [5.74, 6) is 0. The van der Waals surface area contributed by atoms with Gasteiger partial charge in [0.05, 0.1) is 0 Å². The van der Waals surface area contributed by atoms with Crippen molar-refractivity contribution in [3.8, 4) is 0 Å². The minimum atomic E-state index is 1.31. The van der Waals surface area contributed by atoms with E-state index in [4.69, 9.17) is 0 Å². The van der Waals surface area contributed by atoms with Crippen molar-refractivity contribution in [2.45, 2.75) is 25.7 Å². The molecule has 0 amide bonds. The van der Waals surface area contributed by atoms with Gasteiger partial charge in [-0.1, -0.05) is 34.2 Å². The highest BCUT2D eigenvalue weighted by Crippen LogP contribution is 2.22. The Kier molecular flexibility index (Phi) is 2.87. The van der Waals surface area contributed by atoms with E-state index in [9.17, 15) is 0 Å². The van der Waals surface area contributed by atoms with Crippen LogP contribution in [0.1, 0.15) is 25.7 Å². The van der Waals surface area contributed by atoms with Gasteiger partial charge in [-0.25, -0.2) is 0 Å². The summed E-state index contributed by atoms with van der Waals surface area (Å²) >= 11 is 2.43. The quantitative estimate of drug-likeness (QED) is 0.391.